The minimum atomic E-state index is -4.58. The van der Waals surface area contributed by atoms with Crippen LogP contribution in [0.3, 0.4) is 0 Å². The third-order valence-corrected chi connectivity index (χ3v) is 5.20. The third-order valence-electron chi connectivity index (χ3n) is 5.20. The maximum Gasteiger partial charge on any atom is 0.416 e. The van der Waals surface area contributed by atoms with E-state index >= 15 is 0 Å². The second-order valence-electron chi connectivity index (χ2n) is 7.44. The molecule has 1 heterocycles. The minimum Gasteiger partial charge on any atom is -0.352 e. The van der Waals surface area contributed by atoms with E-state index in [1.807, 2.05) is 0 Å². The highest BCUT2D eigenvalue weighted by atomic mass is 19.4. The molecule has 0 aliphatic heterocycles. The van der Waals surface area contributed by atoms with Gasteiger partial charge in [-0.2, -0.15) is 13.2 Å². The van der Waals surface area contributed by atoms with Gasteiger partial charge in [-0.05, 0) is 59.8 Å². The molecule has 1 N–H and O–H groups in total. The fourth-order valence-electron chi connectivity index (χ4n) is 3.57. The van der Waals surface area contributed by atoms with E-state index in [0.29, 0.717) is 17.3 Å². The van der Waals surface area contributed by atoms with E-state index in [1.165, 1.54) is 30.3 Å². The Balaban J connectivity index is 1.70. The third kappa shape index (κ3) is 4.79. The van der Waals surface area contributed by atoms with Crippen LogP contribution in [-0.4, -0.2) is 17.0 Å². The molecule has 0 aliphatic carbocycles. The summed E-state index contributed by atoms with van der Waals surface area (Å²) in [6, 6.07) is 18.3. The summed E-state index contributed by atoms with van der Waals surface area (Å²) >= 11 is 0. The standard InChI is InChI=1S/C25H18F4N2O2/c26-19-10-8-16(9-11-19)12-13-30-23(32)21-14-17-4-1-2-7-22(17)31(24(21)33)20-6-3-5-18(15-20)25(27,28)29/h1-11,14-15H,12-13H2,(H,30,32). The molecule has 4 rings (SSSR count). The van der Waals surface area contributed by atoms with Gasteiger partial charge >= 0.3 is 6.18 Å². The number of para-hydroxylation sites is 1. The topological polar surface area (TPSA) is 51.1 Å². The first kappa shape index (κ1) is 22.3. The van der Waals surface area contributed by atoms with Crippen molar-refractivity contribution in [3.63, 3.8) is 0 Å². The Bertz CT molecular complexity index is 1380. The molecule has 0 unspecified atom stereocenters. The number of fused-ring (bicyclic) bond motifs is 1. The molecule has 0 fully saturated rings. The average Bonchev–Trinajstić information content (AvgIpc) is 2.79. The van der Waals surface area contributed by atoms with Crippen LogP contribution in [0.2, 0.25) is 0 Å². The summed E-state index contributed by atoms with van der Waals surface area (Å²) in [5, 5.41) is 3.18. The van der Waals surface area contributed by atoms with Crippen molar-refractivity contribution in [1.29, 1.82) is 0 Å². The molecule has 168 valence electrons. The van der Waals surface area contributed by atoms with Crippen molar-refractivity contribution in [1.82, 2.24) is 9.88 Å². The molecule has 0 atom stereocenters. The quantitative estimate of drug-likeness (QED) is 0.426. The van der Waals surface area contributed by atoms with Gasteiger partial charge < -0.3 is 5.32 Å². The number of nitrogens with one attached hydrogen (secondary N) is 1. The Morgan fingerprint density at radius 2 is 1.64 bits per heavy atom. The monoisotopic (exact) mass is 454 g/mol. The van der Waals surface area contributed by atoms with Crippen LogP contribution in [0.1, 0.15) is 21.5 Å². The molecular weight excluding hydrogens is 436 g/mol. The number of carbonyl (C=O) groups is 1. The highest BCUT2D eigenvalue weighted by Crippen LogP contribution is 2.30. The van der Waals surface area contributed by atoms with Crippen molar-refractivity contribution in [2.75, 3.05) is 6.54 Å². The van der Waals surface area contributed by atoms with Crippen LogP contribution in [0.4, 0.5) is 17.6 Å². The zero-order valence-corrected chi connectivity index (χ0v) is 17.2. The molecule has 4 nitrogen and oxygen atoms in total. The predicted molar refractivity (Wildman–Crippen MR) is 117 cm³/mol. The fraction of sp³-hybridized carbons (Fsp3) is 0.120. The second-order valence-corrected chi connectivity index (χ2v) is 7.44. The molecule has 8 heteroatoms. The van der Waals surface area contributed by atoms with Crippen LogP contribution in [0.25, 0.3) is 16.6 Å². The number of hydrogen-bond donors (Lipinski definition) is 1. The van der Waals surface area contributed by atoms with Crippen LogP contribution in [0.15, 0.2) is 83.7 Å². The van der Waals surface area contributed by atoms with Gasteiger partial charge in [-0.1, -0.05) is 36.4 Å². The summed E-state index contributed by atoms with van der Waals surface area (Å²) in [6.07, 6.45) is -4.16. The number of rotatable bonds is 5. The molecule has 0 spiro atoms. The van der Waals surface area contributed by atoms with E-state index in [1.54, 1.807) is 36.4 Å². The van der Waals surface area contributed by atoms with Gasteiger partial charge in [0.25, 0.3) is 11.5 Å². The number of carbonyl (C=O) groups excluding carboxylic acids is 1. The smallest absolute Gasteiger partial charge is 0.352 e. The normalized spacial score (nSPS) is 11.5. The molecule has 3 aromatic carbocycles. The van der Waals surface area contributed by atoms with Crippen molar-refractivity contribution < 1.29 is 22.4 Å². The van der Waals surface area contributed by atoms with Crippen molar-refractivity contribution in [3.05, 3.63) is 112 Å². The van der Waals surface area contributed by atoms with Gasteiger partial charge in [0.05, 0.1) is 11.1 Å². The summed E-state index contributed by atoms with van der Waals surface area (Å²) in [7, 11) is 0. The van der Waals surface area contributed by atoms with E-state index in [4.69, 9.17) is 0 Å². The van der Waals surface area contributed by atoms with Crippen molar-refractivity contribution in [2.24, 2.45) is 0 Å². The number of amides is 1. The number of alkyl halides is 3. The number of aromatic nitrogens is 1. The highest BCUT2D eigenvalue weighted by Gasteiger charge is 2.30. The lowest BCUT2D eigenvalue weighted by Gasteiger charge is -2.15. The largest absolute Gasteiger partial charge is 0.416 e. The molecule has 4 aromatic rings. The van der Waals surface area contributed by atoms with Gasteiger partial charge in [-0.3, -0.25) is 14.2 Å². The maximum absolute atomic E-state index is 13.2. The molecule has 1 aromatic heterocycles. The maximum atomic E-state index is 13.2. The number of nitrogens with zero attached hydrogens (tertiary/aromatic N) is 1. The Morgan fingerprint density at radius 1 is 0.909 bits per heavy atom. The summed E-state index contributed by atoms with van der Waals surface area (Å²) in [6.45, 7) is 0.195. The number of pyridine rings is 1. The predicted octanol–water partition coefficient (Wildman–Crippen LogP) is 5.12. The number of hydrogen-bond acceptors (Lipinski definition) is 2. The minimum absolute atomic E-state index is 0.00647. The first-order chi connectivity index (χ1) is 15.7. The summed E-state index contributed by atoms with van der Waals surface area (Å²) < 4.78 is 53.8. The molecule has 0 saturated heterocycles. The van der Waals surface area contributed by atoms with Crippen molar-refractivity contribution in [3.8, 4) is 5.69 Å². The van der Waals surface area contributed by atoms with Crippen molar-refractivity contribution >= 4 is 16.8 Å². The van der Waals surface area contributed by atoms with Crippen molar-refractivity contribution in [2.45, 2.75) is 12.6 Å². The Kier molecular flexibility index (Phi) is 6.00. The number of benzene rings is 3. The summed E-state index contributed by atoms with van der Waals surface area (Å²) in [5.74, 6) is -1.01. The van der Waals surface area contributed by atoms with E-state index in [0.717, 1.165) is 22.3 Å². The SMILES string of the molecule is O=C(NCCc1ccc(F)cc1)c1cc2ccccc2n(-c2cccc(C(F)(F)F)c2)c1=O. The second kappa shape index (κ2) is 8.90. The molecule has 33 heavy (non-hydrogen) atoms. The van der Waals surface area contributed by atoms with Gasteiger partial charge in [-0.15, -0.1) is 0 Å². The highest BCUT2D eigenvalue weighted by molar-refractivity contribution is 5.97. The lowest BCUT2D eigenvalue weighted by atomic mass is 10.1. The summed E-state index contributed by atoms with van der Waals surface area (Å²) in [4.78, 5) is 26.0. The Morgan fingerprint density at radius 3 is 2.36 bits per heavy atom. The number of halogens is 4. The van der Waals surface area contributed by atoms with Crippen LogP contribution in [-0.2, 0) is 12.6 Å². The molecule has 0 bridgehead atoms. The summed E-state index contributed by atoms with van der Waals surface area (Å²) in [5.41, 5.74) is -0.629. The Hall–Kier alpha value is -3.94. The van der Waals surface area contributed by atoms with E-state index in [2.05, 4.69) is 5.32 Å². The fourth-order valence-corrected chi connectivity index (χ4v) is 3.57. The van der Waals surface area contributed by atoms with Gasteiger partial charge in [-0.25, -0.2) is 4.39 Å². The first-order valence-corrected chi connectivity index (χ1v) is 10.1. The van der Waals surface area contributed by atoms with E-state index < -0.39 is 23.2 Å². The Labute approximate surface area is 186 Å². The lowest BCUT2D eigenvalue weighted by Crippen LogP contribution is -2.33. The molecule has 0 radical (unpaired) electrons. The van der Waals surface area contributed by atoms with E-state index in [9.17, 15) is 27.2 Å². The van der Waals surface area contributed by atoms with Gasteiger partial charge in [0, 0.05) is 12.2 Å². The molecule has 0 aliphatic rings. The van der Waals surface area contributed by atoms with Gasteiger partial charge in [0.1, 0.15) is 11.4 Å². The van der Waals surface area contributed by atoms with Crippen LogP contribution < -0.4 is 10.9 Å². The van der Waals surface area contributed by atoms with E-state index in [-0.39, 0.29) is 23.6 Å². The zero-order chi connectivity index (χ0) is 23.6. The van der Waals surface area contributed by atoms with Crippen LogP contribution in [0.5, 0.6) is 0 Å². The molecular formula is C25H18F4N2O2. The molecule has 1 amide bonds. The van der Waals surface area contributed by atoms with Gasteiger partial charge in [0.2, 0.25) is 0 Å². The lowest BCUT2D eigenvalue weighted by molar-refractivity contribution is -0.137. The average molecular weight is 454 g/mol. The van der Waals surface area contributed by atoms with Crippen LogP contribution >= 0.6 is 0 Å². The zero-order valence-electron chi connectivity index (χ0n) is 17.2. The van der Waals surface area contributed by atoms with Gasteiger partial charge in [0.15, 0.2) is 0 Å². The molecule has 0 saturated carbocycles. The van der Waals surface area contributed by atoms with Crippen LogP contribution in [0, 0.1) is 5.82 Å². The first-order valence-electron chi connectivity index (χ1n) is 10.1.